The molecular weight excluding hydrogens is 256 g/mol. The van der Waals surface area contributed by atoms with Crippen LogP contribution in [0.3, 0.4) is 0 Å². The average Bonchev–Trinajstić information content (AvgIpc) is 2.42. The third-order valence-electron chi connectivity index (χ3n) is 3.97. The Bertz CT molecular complexity index is 413. The lowest BCUT2D eigenvalue weighted by Crippen LogP contribution is -2.45. The van der Waals surface area contributed by atoms with Gasteiger partial charge >= 0.3 is 0 Å². The maximum atomic E-state index is 5.81. The summed E-state index contributed by atoms with van der Waals surface area (Å²) in [6.07, 6.45) is 2.10. The number of hydrogen-bond acceptors (Lipinski definition) is 3. The topological polar surface area (TPSA) is 38.5 Å². The number of nitrogens with zero attached hydrogens (tertiary/aromatic N) is 1. The van der Waals surface area contributed by atoms with E-state index in [0.717, 1.165) is 44.8 Å². The molecular formula is C15H22N2OS. The lowest BCUT2D eigenvalue weighted by molar-refractivity contribution is 0.140. The summed E-state index contributed by atoms with van der Waals surface area (Å²) < 4.78 is 5.72. The van der Waals surface area contributed by atoms with Gasteiger partial charge in [-0.25, -0.2) is 0 Å². The number of hydrogen-bond donors (Lipinski definition) is 1. The van der Waals surface area contributed by atoms with Crippen molar-refractivity contribution in [1.29, 1.82) is 0 Å². The predicted octanol–water partition coefficient (Wildman–Crippen LogP) is 2.45. The molecule has 1 aromatic rings. The van der Waals surface area contributed by atoms with Crippen LogP contribution in [0.1, 0.15) is 19.8 Å². The van der Waals surface area contributed by atoms with E-state index in [1.165, 1.54) is 0 Å². The highest BCUT2D eigenvalue weighted by Crippen LogP contribution is 2.30. The van der Waals surface area contributed by atoms with Gasteiger partial charge in [-0.05, 0) is 38.1 Å². The molecule has 0 aliphatic carbocycles. The molecule has 19 heavy (non-hydrogen) atoms. The van der Waals surface area contributed by atoms with Crippen molar-refractivity contribution in [3.05, 3.63) is 30.3 Å². The van der Waals surface area contributed by atoms with Gasteiger partial charge in [-0.2, -0.15) is 0 Å². The summed E-state index contributed by atoms with van der Waals surface area (Å²) in [6.45, 7) is 5.96. The van der Waals surface area contributed by atoms with Crippen molar-refractivity contribution in [3.8, 4) is 5.75 Å². The van der Waals surface area contributed by atoms with Crippen molar-refractivity contribution in [2.75, 3.05) is 26.2 Å². The molecule has 1 aliphatic heterocycles. The minimum Gasteiger partial charge on any atom is -0.492 e. The first-order chi connectivity index (χ1) is 9.10. The monoisotopic (exact) mass is 278 g/mol. The van der Waals surface area contributed by atoms with Crippen LogP contribution in [0.2, 0.25) is 0 Å². The van der Waals surface area contributed by atoms with E-state index in [9.17, 15) is 0 Å². The molecule has 104 valence electrons. The van der Waals surface area contributed by atoms with Crippen LogP contribution in [0.15, 0.2) is 30.3 Å². The Morgan fingerprint density at radius 1 is 1.32 bits per heavy atom. The van der Waals surface area contributed by atoms with Crippen molar-refractivity contribution < 1.29 is 4.74 Å². The molecule has 1 fully saturated rings. The summed E-state index contributed by atoms with van der Waals surface area (Å²) in [5.41, 5.74) is 5.86. The minimum absolute atomic E-state index is 0.0477. The van der Waals surface area contributed by atoms with Gasteiger partial charge in [0.2, 0.25) is 0 Å². The molecule has 1 saturated heterocycles. The van der Waals surface area contributed by atoms with Crippen molar-refractivity contribution in [1.82, 2.24) is 4.90 Å². The Balaban J connectivity index is 1.70. The number of thiocarbonyl (C=S) groups is 1. The van der Waals surface area contributed by atoms with E-state index in [4.69, 9.17) is 22.7 Å². The highest BCUT2D eigenvalue weighted by molar-refractivity contribution is 7.80. The fourth-order valence-electron chi connectivity index (χ4n) is 2.33. The maximum Gasteiger partial charge on any atom is 0.119 e. The summed E-state index contributed by atoms with van der Waals surface area (Å²) in [5.74, 6) is 0.937. The first-order valence-electron chi connectivity index (χ1n) is 6.80. The third-order valence-corrected chi connectivity index (χ3v) is 4.47. The van der Waals surface area contributed by atoms with Crippen LogP contribution < -0.4 is 10.5 Å². The molecule has 1 heterocycles. The molecule has 0 unspecified atom stereocenters. The Morgan fingerprint density at radius 3 is 2.53 bits per heavy atom. The molecule has 0 amide bonds. The lowest BCUT2D eigenvalue weighted by atomic mass is 9.80. The summed E-state index contributed by atoms with van der Waals surface area (Å²) in [6, 6.07) is 9.95. The number of nitrogens with two attached hydrogens (primary N) is 1. The second-order valence-corrected chi connectivity index (χ2v) is 5.87. The zero-order chi connectivity index (χ0) is 13.7. The van der Waals surface area contributed by atoms with Gasteiger partial charge in [0.25, 0.3) is 0 Å². The number of para-hydroxylation sites is 1. The molecule has 1 aromatic carbocycles. The van der Waals surface area contributed by atoms with Gasteiger partial charge in [0.15, 0.2) is 0 Å². The molecule has 4 heteroatoms. The number of piperidine rings is 1. The Hall–Kier alpha value is -1.13. The summed E-state index contributed by atoms with van der Waals surface area (Å²) in [5, 5.41) is 0. The van der Waals surface area contributed by atoms with Crippen LogP contribution in [-0.4, -0.2) is 36.1 Å². The standard InChI is InChI=1S/C15H22N2OS/c1-15(14(16)19)7-9-17(10-8-15)11-12-18-13-5-3-2-4-6-13/h2-6H,7-12H2,1H3,(H2,16,19). The number of ether oxygens (including phenoxy) is 1. The van der Waals surface area contributed by atoms with E-state index in [0.29, 0.717) is 4.99 Å². The Kier molecular flexibility index (Phi) is 4.77. The average molecular weight is 278 g/mol. The van der Waals surface area contributed by atoms with E-state index in [2.05, 4.69) is 11.8 Å². The van der Waals surface area contributed by atoms with Crippen molar-refractivity contribution in [3.63, 3.8) is 0 Å². The van der Waals surface area contributed by atoms with Gasteiger partial charge in [-0.1, -0.05) is 37.3 Å². The molecule has 2 N–H and O–H groups in total. The van der Waals surface area contributed by atoms with Gasteiger partial charge < -0.3 is 10.5 Å². The summed E-state index contributed by atoms with van der Waals surface area (Å²) in [7, 11) is 0. The second kappa shape index (κ2) is 6.35. The SMILES string of the molecule is CC1(C(N)=S)CCN(CCOc2ccccc2)CC1. The summed E-state index contributed by atoms with van der Waals surface area (Å²) >= 11 is 5.15. The van der Waals surface area contributed by atoms with E-state index >= 15 is 0 Å². The van der Waals surface area contributed by atoms with E-state index in [1.54, 1.807) is 0 Å². The van der Waals surface area contributed by atoms with Gasteiger partial charge in [-0.3, -0.25) is 4.90 Å². The van der Waals surface area contributed by atoms with Crippen LogP contribution >= 0.6 is 12.2 Å². The number of rotatable bonds is 5. The molecule has 0 aromatic heterocycles. The zero-order valence-electron chi connectivity index (χ0n) is 11.5. The largest absolute Gasteiger partial charge is 0.492 e. The van der Waals surface area contributed by atoms with Crippen LogP contribution in [-0.2, 0) is 0 Å². The molecule has 0 saturated carbocycles. The Labute approximate surface area is 120 Å². The fourth-order valence-corrected chi connectivity index (χ4v) is 2.53. The summed E-state index contributed by atoms with van der Waals surface area (Å²) in [4.78, 5) is 3.08. The minimum atomic E-state index is 0.0477. The van der Waals surface area contributed by atoms with Crippen LogP contribution in [0.25, 0.3) is 0 Å². The van der Waals surface area contributed by atoms with Crippen molar-refractivity contribution in [2.24, 2.45) is 11.1 Å². The van der Waals surface area contributed by atoms with Gasteiger partial charge in [0, 0.05) is 12.0 Å². The molecule has 2 rings (SSSR count). The molecule has 0 spiro atoms. The normalized spacial score (nSPS) is 19.0. The van der Waals surface area contributed by atoms with Crippen molar-refractivity contribution >= 4 is 17.2 Å². The first kappa shape index (κ1) is 14.3. The highest BCUT2D eigenvalue weighted by atomic mass is 32.1. The number of likely N-dealkylation sites (tertiary alicyclic amines) is 1. The fraction of sp³-hybridized carbons (Fsp3) is 0.533. The molecule has 1 aliphatic rings. The number of benzene rings is 1. The Morgan fingerprint density at radius 2 is 1.95 bits per heavy atom. The highest BCUT2D eigenvalue weighted by Gasteiger charge is 2.32. The van der Waals surface area contributed by atoms with Crippen LogP contribution in [0.5, 0.6) is 5.75 Å². The third kappa shape index (κ3) is 3.91. The zero-order valence-corrected chi connectivity index (χ0v) is 12.3. The molecule has 3 nitrogen and oxygen atoms in total. The second-order valence-electron chi connectivity index (χ2n) is 5.43. The van der Waals surface area contributed by atoms with E-state index < -0.39 is 0 Å². The van der Waals surface area contributed by atoms with Gasteiger partial charge in [0.1, 0.15) is 12.4 Å². The lowest BCUT2D eigenvalue weighted by Gasteiger charge is -2.38. The van der Waals surface area contributed by atoms with Gasteiger partial charge in [0.05, 0.1) is 4.99 Å². The predicted molar refractivity (Wildman–Crippen MR) is 82.5 cm³/mol. The van der Waals surface area contributed by atoms with E-state index in [-0.39, 0.29) is 5.41 Å². The molecule has 0 bridgehead atoms. The quantitative estimate of drug-likeness (QED) is 0.840. The van der Waals surface area contributed by atoms with Gasteiger partial charge in [-0.15, -0.1) is 0 Å². The first-order valence-corrected chi connectivity index (χ1v) is 7.21. The smallest absolute Gasteiger partial charge is 0.119 e. The molecule has 0 atom stereocenters. The van der Waals surface area contributed by atoms with Crippen LogP contribution in [0, 0.1) is 5.41 Å². The van der Waals surface area contributed by atoms with Crippen LogP contribution in [0.4, 0.5) is 0 Å². The van der Waals surface area contributed by atoms with Crippen molar-refractivity contribution in [2.45, 2.75) is 19.8 Å². The maximum absolute atomic E-state index is 5.81. The molecule has 0 radical (unpaired) electrons. The van der Waals surface area contributed by atoms with E-state index in [1.807, 2.05) is 30.3 Å².